The Balaban J connectivity index is 1.54. The summed E-state index contributed by atoms with van der Waals surface area (Å²) < 4.78 is 14.1. The topological polar surface area (TPSA) is 44.4 Å². The normalized spacial score (nSPS) is 18.6. The number of halogens is 1. The number of amides is 1. The van der Waals surface area contributed by atoms with Crippen molar-refractivity contribution >= 4 is 28.5 Å². The second-order valence-electron chi connectivity index (χ2n) is 7.49. The maximum atomic E-state index is 14.1. The lowest BCUT2D eigenvalue weighted by Crippen LogP contribution is -2.33. The molecule has 2 heterocycles. The van der Waals surface area contributed by atoms with Gasteiger partial charge in [-0.1, -0.05) is 13.0 Å². The van der Waals surface area contributed by atoms with Crippen LogP contribution in [-0.2, 0) is 4.79 Å². The van der Waals surface area contributed by atoms with Crippen molar-refractivity contribution in [3.05, 3.63) is 59.5 Å². The highest BCUT2D eigenvalue weighted by Gasteiger charge is 2.27. The van der Waals surface area contributed by atoms with E-state index in [0.717, 1.165) is 24.7 Å². The van der Waals surface area contributed by atoms with Gasteiger partial charge in [0.25, 0.3) is 5.91 Å². The predicted octanol–water partition coefficient (Wildman–Crippen LogP) is 4.78. The molecule has 0 bridgehead atoms. The van der Waals surface area contributed by atoms with Crippen LogP contribution in [0.5, 0.6) is 0 Å². The van der Waals surface area contributed by atoms with Gasteiger partial charge in [0.05, 0.1) is 11.3 Å². The number of piperidine rings is 1. The van der Waals surface area contributed by atoms with Gasteiger partial charge in [0.15, 0.2) is 0 Å². The van der Waals surface area contributed by atoms with E-state index in [1.807, 2.05) is 6.07 Å². The first-order valence-corrected chi connectivity index (χ1v) is 9.45. The number of fused-ring (bicyclic) bond motifs is 1. The van der Waals surface area contributed by atoms with Crippen LogP contribution < -0.4 is 15.5 Å². The number of carbonyl (C=O) groups excluding carboxylic acids is 1. The minimum Gasteiger partial charge on any atom is -0.371 e. The molecule has 2 aliphatic heterocycles. The number of nitrogens with zero attached hydrogens (tertiary/aromatic N) is 1. The summed E-state index contributed by atoms with van der Waals surface area (Å²) in [5.41, 5.74) is 4.48. The first kappa shape index (κ1) is 17.6. The van der Waals surface area contributed by atoms with Gasteiger partial charge in [-0.15, -0.1) is 0 Å². The van der Waals surface area contributed by atoms with Gasteiger partial charge in [0.1, 0.15) is 5.82 Å². The van der Waals surface area contributed by atoms with E-state index < -0.39 is 5.82 Å². The zero-order valence-electron chi connectivity index (χ0n) is 15.7. The fourth-order valence-corrected chi connectivity index (χ4v) is 3.85. The van der Waals surface area contributed by atoms with Gasteiger partial charge in [-0.25, -0.2) is 4.39 Å². The second kappa shape index (κ2) is 7.06. The van der Waals surface area contributed by atoms with Crippen LogP contribution in [0.1, 0.15) is 30.9 Å². The minimum absolute atomic E-state index is 0.293. The highest BCUT2D eigenvalue weighted by molar-refractivity contribution is 6.31. The Morgan fingerprint density at radius 1 is 1.22 bits per heavy atom. The van der Waals surface area contributed by atoms with E-state index in [9.17, 15) is 9.18 Å². The molecular weight excluding hydrogens is 341 g/mol. The van der Waals surface area contributed by atoms with Gasteiger partial charge in [0, 0.05) is 36.2 Å². The molecule has 5 heteroatoms. The Hall–Kier alpha value is -2.82. The largest absolute Gasteiger partial charge is 0.371 e. The number of rotatable bonds is 3. The molecule has 0 aromatic heterocycles. The summed E-state index contributed by atoms with van der Waals surface area (Å²) in [6.45, 7) is 6.60. The number of carbonyl (C=O) groups is 1. The Kier molecular flexibility index (Phi) is 4.60. The Morgan fingerprint density at radius 3 is 2.74 bits per heavy atom. The van der Waals surface area contributed by atoms with E-state index in [4.69, 9.17) is 0 Å². The third-order valence-corrected chi connectivity index (χ3v) is 5.48. The molecule has 4 rings (SSSR count). The first-order chi connectivity index (χ1) is 13.0. The van der Waals surface area contributed by atoms with Gasteiger partial charge in [0.2, 0.25) is 0 Å². The molecule has 4 nitrogen and oxygen atoms in total. The molecule has 0 radical (unpaired) electrons. The fourth-order valence-electron chi connectivity index (χ4n) is 3.85. The van der Waals surface area contributed by atoms with Crippen LogP contribution in [0.3, 0.4) is 0 Å². The molecule has 2 aliphatic rings. The summed E-state index contributed by atoms with van der Waals surface area (Å²) in [6, 6.07) is 10.9. The highest BCUT2D eigenvalue weighted by Crippen LogP contribution is 2.34. The van der Waals surface area contributed by atoms with Crippen molar-refractivity contribution in [3.8, 4) is 0 Å². The van der Waals surface area contributed by atoms with Crippen LogP contribution in [0, 0.1) is 18.7 Å². The average Bonchev–Trinajstić information content (AvgIpc) is 2.97. The first-order valence-electron chi connectivity index (χ1n) is 9.45. The maximum absolute atomic E-state index is 14.1. The molecule has 0 unspecified atom stereocenters. The van der Waals surface area contributed by atoms with Gasteiger partial charge in [-0.3, -0.25) is 4.79 Å². The number of aryl methyl sites for hydroxylation is 1. The molecule has 1 fully saturated rings. The quantitative estimate of drug-likeness (QED) is 0.770. The number of nitrogens with one attached hydrogen (secondary N) is 2. The molecule has 1 amide bonds. The van der Waals surface area contributed by atoms with Crippen molar-refractivity contribution in [3.63, 3.8) is 0 Å². The zero-order valence-corrected chi connectivity index (χ0v) is 15.7. The average molecular weight is 365 g/mol. The summed E-state index contributed by atoms with van der Waals surface area (Å²) >= 11 is 0. The molecule has 0 spiro atoms. The highest BCUT2D eigenvalue weighted by atomic mass is 19.1. The number of benzene rings is 2. The molecule has 1 saturated heterocycles. The third-order valence-electron chi connectivity index (χ3n) is 5.48. The standard InChI is InChI=1S/C22H24FN3O/c1-14-8-10-26(11-9-14)20-7-6-16(12-15(20)2)24-13-17-21-18(23)4-3-5-19(21)25-22(17)27/h3-7,12-14,24H,8-11H2,1-2H3,(H,25,27). The van der Waals surface area contributed by atoms with Crippen LogP contribution >= 0.6 is 0 Å². The van der Waals surface area contributed by atoms with E-state index in [0.29, 0.717) is 16.8 Å². The van der Waals surface area contributed by atoms with Crippen LogP contribution in [0.15, 0.2) is 42.6 Å². The smallest absolute Gasteiger partial charge is 0.257 e. The lowest BCUT2D eigenvalue weighted by atomic mass is 9.98. The van der Waals surface area contributed by atoms with E-state index >= 15 is 0 Å². The zero-order chi connectivity index (χ0) is 19.0. The molecule has 0 atom stereocenters. The lowest BCUT2D eigenvalue weighted by molar-refractivity contribution is -0.110. The number of hydrogen-bond donors (Lipinski definition) is 2. The molecule has 0 aliphatic carbocycles. The van der Waals surface area contributed by atoms with Crippen LogP contribution in [-0.4, -0.2) is 19.0 Å². The maximum Gasteiger partial charge on any atom is 0.257 e. The van der Waals surface area contributed by atoms with Gasteiger partial charge >= 0.3 is 0 Å². The molecule has 2 aromatic carbocycles. The summed E-state index contributed by atoms with van der Waals surface area (Å²) in [4.78, 5) is 14.6. The predicted molar refractivity (Wildman–Crippen MR) is 108 cm³/mol. The molecule has 2 aromatic rings. The molecular formula is C22H24FN3O. The van der Waals surface area contributed by atoms with Crippen molar-refractivity contribution in [2.45, 2.75) is 26.7 Å². The Morgan fingerprint density at radius 2 is 2.00 bits per heavy atom. The van der Waals surface area contributed by atoms with Crippen molar-refractivity contribution in [2.24, 2.45) is 5.92 Å². The van der Waals surface area contributed by atoms with Gasteiger partial charge in [-0.2, -0.15) is 0 Å². The van der Waals surface area contributed by atoms with Crippen LogP contribution in [0.25, 0.3) is 5.57 Å². The van der Waals surface area contributed by atoms with E-state index in [1.165, 1.54) is 30.2 Å². The van der Waals surface area contributed by atoms with Gasteiger partial charge in [-0.05, 0) is 61.6 Å². The summed E-state index contributed by atoms with van der Waals surface area (Å²) in [6.07, 6.45) is 4.04. The lowest BCUT2D eigenvalue weighted by Gasteiger charge is -2.33. The molecule has 140 valence electrons. The molecule has 27 heavy (non-hydrogen) atoms. The molecule has 0 saturated carbocycles. The van der Waals surface area contributed by atoms with Crippen LogP contribution in [0.4, 0.5) is 21.5 Å². The monoisotopic (exact) mass is 365 g/mol. The van der Waals surface area contributed by atoms with E-state index in [1.54, 1.807) is 18.3 Å². The second-order valence-corrected chi connectivity index (χ2v) is 7.49. The van der Waals surface area contributed by atoms with Crippen molar-refractivity contribution in [2.75, 3.05) is 28.6 Å². The Labute approximate surface area is 159 Å². The van der Waals surface area contributed by atoms with E-state index in [-0.39, 0.29) is 5.91 Å². The summed E-state index contributed by atoms with van der Waals surface area (Å²) in [5.74, 6) is 0.109. The summed E-state index contributed by atoms with van der Waals surface area (Å²) in [5, 5.41) is 5.85. The van der Waals surface area contributed by atoms with Crippen LogP contribution in [0.2, 0.25) is 0 Å². The third kappa shape index (κ3) is 3.42. The molecule has 2 N–H and O–H groups in total. The van der Waals surface area contributed by atoms with Crippen molar-refractivity contribution < 1.29 is 9.18 Å². The van der Waals surface area contributed by atoms with Crippen molar-refractivity contribution in [1.82, 2.24) is 0 Å². The fraction of sp³-hybridized carbons (Fsp3) is 0.318. The minimum atomic E-state index is -0.398. The van der Waals surface area contributed by atoms with Gasteiger partial charge < -0.3 is 15.5 Å². The SMILES string of the molecule is Cc1cc(NC=C2C(=O)Nc3cccc(F)c32)ccc1N1CCC(C)CC1. The Bertz CT molecular complexity index is 914. The number of hydrogen-bond acceptors (Lipinski definition) is 3. The van der Waals surface area contributed by atoms with E-state index in [2.05, 4.69) is 41.5 Å². The van der Waals surface area contributed by atoms with Crippen molar-refractivity contribution in [1.29, 1.82) is 0 Å². The summed E-state index contributed by atoms with van der Waals surface area (Å²) in [7, 11) is 0. The number of anilines is 3.